The molecule has 96 valence electrons. The van der Waals surface area contributed by atoms with Crippen molar-refractivity contribution in [2.75, 3.05) is 13.2 Å². The first kappa shape index (κ1) is 13.7. The van der Waals surface area contributed by atoms with E-state index in [-0.39, 0.29) is 13.2 Å². The Kier molecular flexibility index (Phi) is 4.50. The van der Waals surface area contributed by atoms with E-state index in [1.807, 2.05) is 29.6 Å². The quantitative estimate of drug-likeness (QED) is 0.886. The molecule has 2 aromatic rings. The second-order valence-electron chi connectivity index (χ2n) is 4.26. The minimum atomic E-state index is -0.683. The van der Waals surface area contributed by atoms with Gasteiger partial charge in [-0.15, -0.1) is 11.3 Å². The highest BCUT2D eigenvalue weighted by Crippen LogP contribution is 2.29. The van der Waals surface area contributed by atoms with Gasteiger partial charge in [-0.25, -0.2) is 4.98 Å². The summed E-state index contributed by atoms with van der Waals surface area (Å²) >= 11 is 4.93. The Morgan fingerprint density at radius 2 is 2.06 bits per heavy atom. The van der Waals surface area contributed by atoms with Gasteiger partial charge < -0.3 is 10.2 Å². The van der Waals surface area contributed by atoms with E-state index < -0.39 is 5.41 Å². The van der Waals surface area contributed by atoms with Crippen molar-refractivity contribution in [3.63, 3.8) is 0 Å². The molecule has 1 heterocycles. The summed E-state index contributed by atoms with van der Waals surface area (Å²) < 4.78 is 0.935. The minimum absolute atomic E-state index is 0.114. The average Bonchev–Trinajstić information content (AvgIpc) is 2.89. The lowest BCUT2D eigenvalue weighted by Gasteiger charge is -2.30. The zero-order valence-corrected chi connectivity index (χ0v) is 12.1. The summed E-state index contributed by atoms with van der Waals surface area (Å²) in [7, 11) is 0. The van der Waals surface area contributed by atoms with E-state index in [2.05, 4.69) is 20.9 Å². The molecule has 2 N–H and O–H groups in total. The molecule has 2 rings (SSSR count). The van der Waals surface area contributed by atoms with Gasteiger partial charge in [-0.1, -0.05) is 28.1 Å². The van der Waals surface area contributed by atoms with Crippen molar-refractivity contribution < 1.29 is 10.2 Å². The molecule has 0 saturated heterocycles. The van der Waals surface area contributed by atoms with Crippen molar-refractivity contribution >= 4 is 27.3 Å². The fourth-order valence-corrected chi connectivity index (χ4v) is 2.89. The predicted octanol–water partition coefficient (Wildman–Crippen LogP) is 2.37. The molecule has 3 nitrogen and oxygen atoms in total. The molecule has 0 amide bonds. The van der Waals surface area contributed by atoms with Crippen molar-refractivity contribution in [3.05, 3.63) is 50.9 Å². The summed E-state index contributed by atoms with van der Waals surface area (Å²) in [5.74, 6) is 0. The highest BCUT2D eigenvalue weighted by Gasteiger charge is 2.32. The first-order valence-corrected chi connectivity index (χ1v) is 7.28. The second kappa shape index (κ2) is 5.93. The van der Waals surface area contributed by atoms with Gasteiger partial charge in [0.1, 0.15) is 0 Å². The van der Waals surface area contributed by atoms with Crippen molar-refractivity contribution in [2.24, 2.45) is 0 Å². The van der Waals surface area contributed by atoms with Gasteiger partial charge in [0.2, 0.25) is 0 Å². The highest BCUT2D eigenvalue weighted by atomic mass is 79.9. The van der Waals surface area contributed by atoms with Crippen LogP contribution in [-0.2, 0) is 11.8 Å². The topological polar surface area (TPSA) is 53.4 Å². The molecule has 1 aromatic heterocycles. The fourth-order valence-electron chi connectivity index (χ4n) is 1.94. The Morgan fingerprint density at radius 3 is 2.61 bits per heavy atom. The summed E-state index contributed by atoms with van der Waals surface area (Å²) in [4.78, 5) is 4.23. The van der Waals surface area contributed by atoms with Crippen LogP contribution in [0.5, 0.6) is 0 Å². The predicted molar refractivity (Wildman–Crippen MR) is 75.8 cm³/mol. The highest BCUT2D eigenvalue weighted by molar-refractivity contribution is 9.10. The van der Waals surface area contributed by atoms with Gasteiger partial charge in [0.05, 0.1) is 24.4 Å². The Labute approximate surface area is 118 Å². The van der Waals surface area contributed by atoms with E-state index in [0.717, 1.165) is 15.7 Å². The van der Waals surface area contributed by atoms with Gasteiger partial charge in [0.15, 0.2) is 0 Å². The molecule has 0 aliphatic heterocycles. The molecule has 0 bridgehead atoms. The van der Waals surface area contributed by atoms with Crippen LogP contribution in [0.25, 0.3) is 0 Å². The number of hydrogen-bond donors (Lipinski definition) is 2. The maximum Gasteiger partial charge on any atom is 0.0794 e. The van der Waals surface area contributed by atoms with Crippen LogP contribution in [-0.4, -0.2) is 28.4 Å². The third-order valence-electron chi connectivity index (χ3n) is 3.05. The largest absolute Gasteiger partial charge is 0.395 e. The van der Waals surface area contributed by atoms with Gasteiger partial charge in [-0.3, -0.25) is 0 Å². The molecule has 18 heavy (non-hydrogen) atoms. The van der Waals surface area contributed by atoms with Crippen molar-refractivity contribution in [3.8, 4) is 0 Å². The number of halogens is 1. The number of thiazole rings is 1. The normalized spacial score (nSPS) is 11.7. The first-order valence-electron chi connectivity index (χ1n) is 5.55. The molecule has 0 unspecified atom stereocenters. The molecule has 0 fully saturated rings. The van der Waals surface area contributed by atoms with Crippen LogP contribution in [0, 0.1) is 0 Å². The smallest absolute Gasteiger partial charge is 0.0794 e. The van der Waals surface area contributed by atoms with Gasteiger partial charge in [-0.05, 0) is 17.7 Å². The van der Waals surface area contributed by atoms with Gasteiger partial charge in [0.25, 0.3) is 0 Å². The van der Waals surface area contributed by atoms with Crippen LogP contribution in [0.4, 0.5) is 0 Å². The molecular weight excluding hydrogens is 314 g/mol. The zero-order chi connectivity index (χ0) is 13.0. The summed E-state index contributed by atoms with van der Waals surface area (Å²) in [5, 5.41) is 21.4. The maximum absolute atomic E-state index is 9.72. The molecule has 0 saturated carbocycles. The summed E-state index contributed by atoms with van der Waals surface area (Å²) in [6.07, 6.45) is 0.528. The van der Waals surface area contributed by atoms with E-state index in [4.69, 9.17) is 0 Å². The lowest BCUT2D eigenvalue weighted by atomic mass is 9.78. The van der Waals surface area contributed by atoms with E-state index in [0.29, 0.717) is 6.42 Å². The lowest BCUT2D eigenvalue weighted by molar-refractivity contribution is 0.115. The third-order valence-corrected chi connectivity index (χ3v) is 4.17. The Balaban J connectivity index is 2.37. The minimum Gasteiger partial charge on any atom is -0.395 e. The van der Waals surface area contributed by atoms with Crippen molar-refractivity contribution in [1.29, 1.82) is 0 Å². The maximum atomic E-state index is 9.72. The van der Waals surface area contributed by atoms with E-state index in [9.17, 15) is 10.2 Å². The van der Waals surface area contributed by atoms with Crippen LogP contribution in [0.2, 0.25) is 0 Å². The van der Waals surface area contributed by atoms with Gasteiger partial charge in [-0.2, -0.15) is 0 Å². The molecule has 0 radical (unpaired) electrons. The number of hydrogen-bond acceptors (Lipinski definition) is 4. The monoisotopic (exact) mass is 327 g/mol. The average molecular weight is 328 g/mol. The molecular formula is C13H14BrNO2S. The SMILES string of the molecule is OCC(CO)(Cc1cscn1)c1cccc(Br)c1. The number of aliphatic hydroxyl groups excluding tert-OH is 2. The fraction of sp³-hybridized carbons (Fsp3) is 0.308. The van der Waals surface area contributed by atoms with Crippen molar-refractivity contribution in [1.82, 2.24) is 4.98 Å². The lowest BCUT2D eigenvalue weighted by Crippen LogP contribution is -2.37. The van der Waals surface area contributed by atoms with Crippen LogP contribution in [0.15, 0.2) is 39.6 Å². The molecule has 0 aliphatic rings. The number of benzene rings is 1. The Hall–Kier alpha value is -0.750. The third kappa shape index (κ3) is 2.80. The number of aliphatic hydroxyl groups is 2. The van der Waals surface area contributed by atoms with E-state index in [1.165, 1.54) is 11.3 Å². The molecule has 1 aromatic carbocycles. The van der Waals surface area contributed by atoms with Crippen molar-refractivity contribution in [2.45, 2.75) is 11.8 Å². The number of aromatic nitrogens is 1. The van der Waals surface area contributed by atoms with Crippen LogP contribution < -0.4 is 0 Å². The Bertz CT molecular complexity index is 497. The number of rotatable bonds is 5. The molecule has 0 aliphatic carbocycles. The summed E-state index contributed by atoms with van der Waals surface area (Å²) in [6, 6.07) is 7.68. The standard InChI is InChI=1S/C13H14BrNO2S/c14-11-3-1-2-10(4-11)13(7-16,8-17)5-12-6-18-9-15-12/h1-4,6,9,16-17H,5,7-8H2. The molecule has 0 spiro atoms. The van der Waals surface area contributed by atoms with Crippen LogP contribution in [0.1, 0.15) is 11.3 Å². The molecule has 5 heteroatoms. The van der Waals surface area contributed by atoms with Crippen LogP contribution >= 0.6 is 27.3 Å². The Morgan fingerprint density at radius 1 is 1.28 bits per heavy atom. The number of nitrogens with zero attached hydrogens (tertiary/aromatic N) is 1. The van der Waals surface area contributed by atoms with E-state index in [1.54, 1.807) is 5.51 Å². The summed E-state index contributed by atoms with van der Waals surface area (Å²) in [5.41, 5.74) is 2.88. The van der Waals surface area contributed by atoms with Gasteiger partial charge >= 0.3 is 0 Å². The second-order valence-corrected chi connectivity index (χ2v) is 5.90. The van der Waals surface area contributed by atoms with E-state index >= 15 is 0 Å². The summed E-state index contributed by atoms with van der Waals surface area (Å²) in [6.45, 7) is -0.227. The van der Waals surface area contributed by atoms with Gasteiger partial charge in [0, 0.05) is 21.7 Å². The molecule has 0 atom stereocenters. The zero-order valence-electron chi connectivity index (χ0n) is 9.71. The van der Waals surface area contributed by atoms with Crippen LogP contribution in [0.3, 0.4) is 0 Å². The first-order chi connectivity index (χ1) is 8.70.